The van der Waals surface area contributed by atoms with Crippen molar-refractivity contribution in [1.82, 2.24) is 4.98 Å². The maximum atomic E-state index is 5.99. The molecule has 0 spiro atoms. The van der Waals surface area contributed by atoms with Crippen LogP contribution in [0.15, 0.2) is 5.38 Å². The van der Waals surface area contributed by atoms with E-state index in [9.17, 15) is 0 Å². The first-order valence-electron chi connectivity index (χ1n) is 4.84. The third-order valence-corrected chi connectivity index (χ3v) is 3.08. The number of hydrogen-bond donors (Lipinski definition) is 1. The first-order valence-corrected chi connectivity index (χ1v) is 5.72. The van der Waals surface area contributed by atoms with Crippen LogP contribution >= 0.6 is 11.3 Å². The molecule has 0 aliphatic heterocycles. The van der Waals surface area contributed by atoms with Crippen molar-refractivity contribution >= 4 is 11.3 Å². The van der Waals surface area contributed by atoms with Crippen LogP contribution in [0.2, 0.25) is 0 Å². The van der Waals surface area contributed by atoms with E-state index in [1.807, 2.05) is 0 Å². The normalized spacial score (nSPS) is 13.5. The second kappa shape index (κ2) is 5.44. The van der Waals surface area contributed by atoms with Gasteiger partial charge in [-0.2, -0.15) is 0 Å². The Morgan fingerprint density at radius 3 is 2.86 bits per heavy atom. The van der Waals surface area contributed by atoms with E-state index in [0.29, 0.717) is 5.92 Å². The average Bonchev–Trinajstić information content (AvgIpc) is 2.61. The molecule has 80 valence electrons. The molecule has 0 amide bonds. The molecule has 1 rings (SSSR count). The molecule has 4 heteroatoms. The van der Waals surface area contributed by atoms with Gasteiger partial charge >= 0.3 is 0 Å². The van der Waals surface area contributed by atoms with Gasteiger partial charge in [0.1, 0.15) is 0 Å². The van der Waals surface area contributed by atoms with Gasteiger partial charge in [0.05, 0.1) is 23.4 Å². The smallest absolute Gasteiger partial charge is 0.0951 e. The summed E-state index contributed by atoms with van der Waals surface area (Å²) in [6, 6.07) is 0.0579. The minimum atomic E-state index is 0.0579. The van der Waals surface area contributed by atoms with Crippen LogP contribution in [0.25, 0.3) is 0 Å². The summed E-state index contributed by atoms with van der Waals surface area (Å²) in [7, 11) is 1.70. The van der Waals surface area contributed by atoms with Crippen LogP contribution in [0, 0.1) is 5.92 Å². The van der Waals surface area contributed by atoms with Crippen molar-refractivity contribution in [2.24, 2.45) is 11.7 Å². The molecule has 0 fully saturated rings. The van der Waals surface area contributed by atoms with E-state index in [2.05, 4.69) is 24.2 Å². The summed E-state index contributed by atoms with van der Waals surface area (Å²) >= 11 is 1.66. The molecule has 1 unspecified atom stereocenters. The zero-order valence-electron chi connectivity index (χ0n) is 8.99. The van der Waals surface area contributed by atoms with Gasteiger partial charge in [0.15, 0.2) is 0 Å². The molecule has 0 aromatic carbocycles. The fourth-order valence-electron chi connectivity index (χ4n) is 1.12. The molecule has 0 saturated heterocycles. The molecule has 0 bridgehead atoms. The summed E-state index contributed by atoms with van der Waals surface area (Å²) < 4.78 is 5.00. The third-order valence-electron chi connectivity index (χ3n) is 2.15. The lowest BCUT2D eigenvalue weighted by Gasteiger charge is -2.11. The van der Waals surface area contributed by atoms with Gasteiger partial charge in [-0.3, -0.25) is 0 Å². The van der Waals surface area contributed by atoms with Crippen LogP contribution in [0.1, 0.15) is 30.6 Å². The predicted octanol–water partition coefficient (Wildman–Crippen LogP) is 1.99. The summed E-state index contributed by atoms with van der Waals surface area (Å²) in [5.41, 5.74) is 7.00. The van der Waals surface area contributed by atoms with Crippen LogP contribution in [0.5, 0.6) is 0 Å². The van der Waals surface area contributed by atoms with E-state index in [-0.39, 0.29) is 6.04 Å². The minimum absolute atomic E-state index is 0.0579. The third kappa shape index (κ3) is 3.04. The van der Waals surface area contributed by atoms with Crippen molar-refractivity contribution in [2.45, 2.75) is 26.3 Å². The molecule has 0 radical (unpaired) electrons. The van der Waals surface area contributed by atoms with E-state index in [1.54, 1.807) is 18.4 Å². The van der Waals surface area contributed by atoms with Gasteiger partial charge in [-0.25, -0.2) is 4.98 Å². The summed E-state index contributed by atoms with van der Waals surface area (Å²) in [6.45, 7) is 4.95. The van der Waals surface area contributed by atoms with Gasteiger partial charge in [-0.1, -0.05) is 13.8 Å². The lowest BCUT2D eigenvalue weighted by atomic mass is 10.0. The molecule has 1 atom stereocenters. The topological polar surface area (TPSA) is 48.1 Å². The highest BCUT2D eigenvalue weighted by atomic mass is 32.1. The fraction of sp³-hybridized carbons (Fsp3) is 0.700. The predicted molar refractivity (Wildman–Crippen MR) is 59.5 cm³/mol. The molecule has 1 heterocycles. The second-order valence-electron chi connectivity index (χ2n) is 3.68. The number of rotatable bonds is 5. The molecule has 0 saturated carbocycles. The second-order valence-corrected chi connectivity index (χ2v) is 4.62. The maximum absolute atomic E-state index is 5.99. The fourth-order valence-corrected chi connectivity index (χ4v) is 1.95. The first kappa shape index (κ1) is 11.6. The van der Waals surface area contributed by atoms with Crippen LogP contribution in [-0.4, -0.2) is 18.7 Å². The number of nitrogens with two attached hydrogens (primary N) is 1. The molecular formula is C10H18N2OS. The average molecular weight is 214 g/mol. The van der Waals surface area contributed by atoms with Gasteiger partial charge < -0.3 is 10.5 Å². The lowest BCUT2D eigenvalue weighted by Crippen LogP contribution is -2.17. The van der Waals surface area contributed by atoms with Gasteiger partial charge in [0.2, 0.25) is 0 Å². The zero-order chi connectivity index (χ0) is 10.6. The van der Waals surface area contributed by atoms with E-state index in [1.165, 1.54) is 0 Å². The van der Waals surface area contributed by atoms with Crippen molar-refractivity contribution < 1.29 is 4.74 Å². The Labute approximate surface area is 89.3 Å². The highest BCUT2D eigenvalue weighted by Crippen LogP contribution is 2.21. The SMILES string of the molecule is COCCc1nc(C(N)C(C)C)cs1. The van der Waals surface area contributed by atoms with Crippen LogP contribution < -0.4 is 5.73 Å². The number of nitrogens with zero attached hydrogens (tertiary/aromatic N) is 1. The molecular weight excluding hydrogens is 196 g/mol. The number of ether oxygens (including phenoxy) is 1. The van der Waals surface area contributed by atoms with E-state index in [4.69, 9.17) is 10.5 Å². The standard InChI is InChI=1S/C10H18N2OS/c1-7(2)10(11)8-6-14-9(12-8)4-5-13-3/h6-7,10H,4-5,11H2,1-3H3. The van der Waals surface area contributed by atoms with Crippen LogP contribution in [0.3, 0.4) is 0 Å². The minimum Gasteiger partial charge on any atom is -0.384 e. The van der Waals surface area contributed by atoms with Gasteiger partial charge in [0.25, 0.3) is 0 Å². The van der Waals surface area contributed by atoms with Crippen molar-refractivity contribution in [3.05, 3.63) is 16.1 Å². The quantitative estimate of drug-likeness (QED) is 0.815. The molecule has 3 nitrogen and oxygen atoms in total. The Kier molecular flexibility index (Phi) is 4.51. The van der Waals surface area contributed by atoms with Gasteiger partial charge in [-0.05, 0) is 5.92 Å². The summed E-state index contributed by atoms with van der Waals surface area (Å²) in [6.07, 6.45) is 0.881. The Morgan fingerprint density at radius 2 is 2.29 bits per heavy atom. The Bertz CT molecular complexity index is 273. The zero-order valence-corrected chi connectivity index (χ0v) is 9.80. The monoisotopic (exact) mass is 214 g/mol. The summed E-state index contributed by atoms with van der Waals surface area (Å²) in [5.74, 6) is 0.437. The highest BCUT2D eigenvalue weighted by Gasteiger charge is 2.13. The van der Waals surface area contributed by atoms with Crippen molar-refractivity contribution in [3.8, 4) is 0 Å². The number of aromatic nitrogens is 1. The van der Waals surface area contributed by atoms with Crippen molar-refractivity contribution in [1.29, 1.82) is 0 Å². The van der Waals surface area contributed by atoms with Crippen molar-refractivity contribution in [3.63, 3.8) is 0 Å². The summed E-state index contributed by atoms with van der Waals surface area (Å²) in [4.78, 5) is 4.48. The Balaban J connectivity index is 2.58. The molecule has 0 aliphatic carbocycles. The molecule has 1 aromatic heterocycles. The van der Waals surface area contributed by atoms with Crippen LogP contribution in [-0.2, 0) is 11.2 Å². The number of hydrogen-bond acceptors (Lipinski definition) is 4. The van der Waals surface area contributed by atoms with Crippen LogP contribution in [0.4, 0.5) is 0 Å². The maximum Gasteiger partial charge on any atom is 0.0951 e. The largest absolute Gasteiger partial charge is 0.384 e. The molecule has 2 N–H and O–H groups in total. The molecule has 14 heavy (non-hydrogen) atoms. The van der Waals surface area contributed by atoms with Gasteiger partial charge in [-0.15, -0.1) is 11.3 Å². The van der Waals surface area contributed by atoms with E-state index >= 15 is 0 Å². The lowest BCUT2D eigenvalue weighted by molar-refractivity contribution is 0.202. The molecule has 0 aliphatic rings. The Morgan fingerprint density at radius 1 is 1.57 bits per heavy atom. The number of thiazole rings is 1. The Hall–Kier alpha value is -0.450. The highest BCUT2D eigenvalue weighted by molar-refractivity contribution is 7.09. The summed E-state index contributed by atoms with van der Waals surface area (Å²) in [5, 5.41) is 3.16. The number of methoxy groups -OCH3 is 1. The van der Waals surface area contributed by atoms with E-state index < -0.39 is 0 Å². The van der Waals surface area contributed by atoms with Crippen molar-refractivity contribution in [2.75, 3.05) is 13.7 Å². The van der Waals surface area contributed by atoms with Gasteiger partial charge in [0, 0.05) is 18.9 Å². The first-order chi connectivity index (χ1) is 6.65. The van der Waals surface area contributed by atoms with E-state index in [0.717, 1.165) is 23.7 Å². The molecule has 1 aromatic rings.